The predicted octanol–water partition coefficient (Wildman–Crippen LogP) is 4.76. The minimum atomic E-state index is 0.700. The summed E-state index contributed by atoms with van der Waals surface area (Å²) in [6.07, 6.45) is 7.81. The molecule has 26 heavy (non-hydrogen) atoms. The first-order valence-electron chi connectivity index (χ1n) is 8.36. The minimum absolute atomic E-state index is 0.700. The van der Waals surface area contributed by atoms with E-state index in [0.717, 1.165) is 33.3 Å². The Balaban J connectivity index is 1.69. The molecule has 0 radical (unpaired) electrons. The van der Waals surface area contributed by atoms with Crippen LogP contribution in [0, 0.1) is 0 Å². The number of nitrogens with zero attached hydrogens (tertiary/aromatic N) is 4. The van der Waals surface area contributed by atoms with Crippen LogP contribution in [0.3, 0.4) is 0 Å². The van der Waals surface area contributed by atoms with Crippen molar-refractivity contribution in [2.75, 3.05) is 5.43 Å². The Hall–Kier alpha value is -3.12. The number of benzene rings is 1. The van der Waals surface area contributed by atoms with Crippen LogP contribution in [0.1, 0.15) is 18.1 Å². The number of hydrogen-bond acceptors (Lipinski definition) is 6. The molecule has 4 rings (SSSR count). The van der Waals surface area contributed by atoms with Crippen LogP contribution in [-0.4, -0.2) is 21.2 Å². The van der Waals surface area contributed by atoms with Gasteiger partial charge in [0, 0.05) is 28.9 Å². The normalized spacial score (nSPS) is 11.3. The van der Waals surface area contributed by atoms with Gasteiger partial charge in [-0.1, -0.05) is 37.3 Å². The summed E-state index contributed by atoms with van der Waals surface area (Å²) in [4.78, 5) is 13.8. The molecule has 3 aromatic heterocycles. The highest BCUT2D eigenvalue weighted by Gasteiger charge is 2.12. The Morgan fingerprint density at radius 2 is 2.04 bits per heavy atom. The van der Waals surface area contributed by atoms with Gasteiger partial charge in [-0.05, 0) is 23.6 Å². The molecule has 5 nitrogen and oxygen atoms in total. The summed E-state index contributed by atoms with van der Waals surface area (Å²) < 4.78 is 0. The summed E-state index contributed by atoms with van der Waals surface area (Å²) in [6, 6.07) is 12.4. The van der Waals surface area contributed by atoms with Crippen LogP contribution in [0.4, 0.5) is 5.82 Å². The van der Waals surface area contributed by atoms with Gasteiger partial charge in [0.2, 0.25) is 0 Å². The lowest BCUT2D eigenvalue weighted by Gasteiger charge is -2.05. The van der Waals surface area contributed by atoms with Gasteiger partial charge < -0.3 is 0 Å². The molecule has 128 valence electrons. The number of nitrogens with one attached hydrogen (secondary N) is 1. The molecular formula is C20H17N5S. The summed E-state index contributed by atoms with van der Waals surface area (Å²) >= 11 is 1.61. The van der Waals surface area contributed by atoms with Crippen LogP contribution in [0.5, 0.6) is 0 Å². The van der Waals surface area contributed by atoms with Crippen LogP contribution in [0.25, 0.3) is 21.3 Å². The van der Waals surface area contributed by atoms with Crippen LogP contribution >= 0.6 is 11.3 Å². The van der Waals surface area contributed by atoms with Crippen molar-refractivity contribution in [1.82, 2.24) is 15.0 Å². The van der Waals surface area contributed by atoms with E-state index in [1.165, 1.54) is 5.56 Å². The van der Waals surface area contributed by atoms with Crippen LogP contribution < -0.4 is 5.43 Å². The van der Waals surface area contributed by atoms with Gasteiger partial charge in [-0.3, -0.25) is 10.4 Å². The van der Waals surface area contributed by atoms with E-state index in [1.54, 1.807) is 36.3 Å². The topological polar surface area (TPSA) is 63.1 Å². The molecular weight excluding hydrogens is 342 g/mol. The van der Waals surface area contributed by atoms with Gasteiger partial charge in [0.05, 0.1) is 11.6 Å². The summed E-state index contributed by atoms with van der Waals surface area (Å²) in [5.74, 6) is 0.700. The zero-order valence-corrected chi connectivity index (χ0v) is 15.1. The zero-order chi connectivity index (χ0) is 17.8. The molecule has 4 aromatic rings. The highest BCUT2D eigenvalue weighted by Crippen LogP contribution is 2.36. The summed E-state index contributed by atoms with van der Waals surface area (Å²) in [5, 5.41) is 7.42. The van der Waals surface area contributed by atoms with Crippen molar-refractivity contribution in [2.24, 2.45) is 5.10 Å². The monoisotopic (exact) mass is 359 g/mol. The maximum Gasteiger partial charge on any atom is 0.159 e. The van der Waals surface area contributed by atoms with Crippen LogP contribution in [0.2, 0.25) is 0 Å². The van der Waals surface area contributed by atoms with Gasteiger partial charge in [0.1, 0.15) is 11.2 Å². The number of pyridine rings is 1. The van der Waals surface area contributed by atoms with E-state index < -0.39 is 0 Å². The van der Waals surface area contributed by atoms with Crippen molar-refractivity contribution in [3.05, 3.63) is 71.6 Å². The maximum atomic E-state index is 4.39. The third kappa shape index (κ3) is 3.32. The second-order valence-corrected chi connectivity index (χ2v) is 6.62. The SMILES string of the molecule is CCc1ccc(-c2csc3ncnc(N/N=C/c4cccnc4)c23)cc1. The predicted molar refractivity (Wildman–Crippen MR) is 108 cm³/mol. The number of hydrogen-bond donors (Lipinski definition) is 1. The molecule has 1 N–H and O–H groups in total. The van der Waals surface area contributed by atoms with E-state index in [-0.39, 0.29) is 0 Å². The van der Waals surface area contributed by atoms with Gasteiger partial charge in [-0.25, -0.2) is 9.97 Å². The Labute approximate surface area is 155 Å². The van der Waals surface area contributed by atoms with Crippen molar-refractivity contribution in [3.63, 3.8) is 0 Å². The molecule has 0 aliphatic heterocycles. The van der Waals surface area contributed by atoms with E-state index in [4.69, 9.17) is 0 Å². The number of fused-ring (bicyclic) bond motifs is 1. The van der Waals surface area contributed by atoms with E-state index >= 15 is 0 Å². The number of anilines is 1. The first kappa shape index (κ1) is 16.4. The molecule has 3 heterocycles. The molecule has 1 aromatic carbocycles. The molecule has 0 bridgehead atoms. The first-order chi connectivity index (χ1) is 12.8. The lowest BCUT2D eigenvalue weighted by molar-refractivity contribution is 1.14. The number of thiophene rings is 1. The van der Waals surface area contributed by atoms with E-state index in [0.29, 0.717) is 5.82 Å². The van der Waals surface area contributed by atoms with Crippen molar-refractivity contribution >= 4 is 33.6 Å². The fraction of sp³-hybridized carbons (Fsp3) is 0.100. The third-order valence-electron chi connectivity index (χ3n) is 4.11. The quantitative estimate of drug-likeness (QED) is 0.412. The minimum Gasteiger partial charge on any atom is -0.264 e. The Morgan fingerprint density at radius 1 is 1.15 bits per heavy atom. The molecule has 0 fully saturated rings. The lowest BCUT2D eigenvalue weighted by Crippen LogP contribution is -1.95. The molecule has 0 spiro atoms. The number of rotatable bonds is 5. The third-order valence-corrected chi connectivity index (χ3v) is 5.00. The second-order valence-electron chi connectivity index (χ2n) is 5.76. The smallest absolute Gasteiger partial charge is 0.159 e. The average molecular weight is 359 g/mol. The molecule has 0 amide bonds. The standard InChI is InChI=1S/C20H17N5S/c1-2-14-5-7-16(8-6-14)17-12-26-20-18(17)19(22-13-23-20)25-24-11-15-4-3-9-21-10-15/h3-13H,2H2,1H3,(H,22,23,25)/b24-11+. The van der Waals surface area contributed by atoms with Crippen LogP contribution in [-0.2, 0) is 6.42 Å². The van der Waals surface area contributed by atoms with Crippen molar-refractivity contribution in [2.45, 2.75) is 13.3 Å². The summed E-state index contributed by atoms with van der Waals surface area (Å²) in [6.45, 7) is 2.16. The van der Waals surface area contributed by atoms with E-state index in [2.05, 4.69) is 62.0 Å². The molecule has 0 aliphatic carbocycles. The number of hydrazone groups is 1. The number of aryl methyl sites for hydroxylation is 1. The largest absolute Gasteiger partial charge is 0.264 e. The summed E-state index contributed by atoms with van der Waals surface area (Å²) in [7, 11) is 0. The second kappa shape index (κ2) is 7.41. The number of aromatic nitrogens is 3. The molecule has 0 saturated heterocycles. The highest BCUT2D eigenvalue weighted by molar-refractivity contribution is 7.17. The van der Waals surface area contributed by atoms with E-state index in [1.807, 2.05) is 12.1 Å². The molecule has 0 saturated carbocycles. The van der Waals surface area contributed by atoms with Gasteiger partial charge >= 0.3 is 0 Å². The van der Waals surface area contributed by atoms with Gasteiger partial charge in [0.15, 0.2) is 5.82 Å². The summed E-state index contributed by atoms with van der Waals surface area (Å²) in [5.41, 5.74) is 7.57. The maximum absolute atomic E-state index is 4.39. The average Bonchev–Trinajstić information content (AvgIpc) is 3.14. The zero-order valence-electron chi connectivity index (χ0n) is 14.3. The van der Waals surface area contributed by atoms with Gasteiger partial charge in [0.25, 0.3) is 0 Å². The molecule has 0 aliphatic rings. The fourth-order valence-electron chi connectivity index (χ4n) is 2.71. The lowest BCUT2D eigenvalue weighted by atomic mass is 10.0. The first-order valence-corrected chi connectivity index (χ1v) is 9.23. The van der Waals surface area contributed by atoms with Gasteiger partial charge in [-0.2, -0.15) is 5.10 Å². The molecule has 0 unspecified atom stereocenters. The van der Waals surface area contributed by atoms with Crippen LogP contribution in [0.15, 0.2) is 65.6 Å². The Bertz CT molecular complexity index is 1040. The van der Waals surface area contributed by atoms with E-state index in [9.17, 15) is 0 Å². The fourth-order valence-corrected chi connectivity index (χ4v) is 3.63. The van der Waals surface area contributed by atoms with Crippen molar-refractivity contribution in [1.29, 1.82) is 0 Å². The Morgan fingerprint density at radius 3 is 2.81 bits per heavy atom. The van der Waals surface area contributed by atoms with Gasteiger partial charge in [-0.15, -0.1) is 11.3 Å². The Kier molecular flexibility index (Phi) is 4.66. The molecule has 6 heteroatoms. The molecule has 0 atom stereocenters. The van der Waals surface area contributed by atoms with Crippen molar-refractivity contribution in [3.8, 4) is 11.1 Å². The van der Waals surface area contributed by atoms with Crippen molar-refractivity contribution < 1.29 is 0 Å². The highest BCUT2D eigenvalue weighted by atomic mass is 32.1.